The van der Waals surface area contributed by atoms with Crippen LogP contribution in [-0.4, -0.2) is 38.2 Å². The van der Waals surface area contributed by atoms with E-state index < -0.39 is 29.7 Å². The van der Waals surface area contributed by atoms with E-state index in [-0.39, 0.29) is 12.8 Å². The first-order valence-corrected chi connectivity index (χ1v) is 8.45. The van der Waals surface area contributed by atoms with Crippen molar-refractivity contribution < 1.29 is 29.7 Å². The van der Waals surface area contributed by atoms with Gasteiger partial charge in [-0.25, -0.2) is 0 Å². The number of carboxylic acid groups (broad SMARTS) is 3. The van der Waals surface area contributed by atoms with Crippen molar-refractivity contribution in [3.05, 3.63) is 29.1 Å². The second kappa shape index (κ2) is 9.76. The van der Waals surface area contributed by atoms with Gasteiger partial charge in [-0.2, -0.15) is 0 Å². The van der Waals surface area contributed by atoms with Gasteiger partial charge in [0.15, 0.2) is 0 Å². The molecule has 2 unspecified atom stereocenters. The fraction of sp³-hybridized carbons (Fsp3) is 0.556. The van der Waals surface area contributed by atoms with E-state index in [9.17, 15) is 24.6 Å². The van der Waals surface area contributed by atoms with Gasteiger partial charge >= 0.3 is 17.9 Å². The van der Waals surface area contributed by atoms with Crippen LogP contribution < -0.4 is 0 Å². The van der Waals surface area contributed by atoms with Gasteiger partial charge in [-0.3, -0.25) is 19.4 Å². The van der Waals surface area contributed by atoms with Gasteiger partial charge in [0.05, 0.1) is 11.8 Å². The van der Waals surface area contributed by atoms with Crippen LogP contribution in [0.25, 0.3) is 0 Å². The number of carboxylic acids is 3. The number of aromatic nitrogens is 1. The molecule has 7 heteroatoms. The smallest absolute Gasteiger partial charge is 0.310 e. The average molecular weight is 351 g/mol. The molecular weight excluding hydrogens is 326 g/mol. The van der Waals surface area contributed by atoms with Crippen molar-refractivity contribution >= 4 is 17.9 Å². The summed E-state index contributed by atoms with van der Waals surface area (Å²) in [6, 6.07) is 1.67. The lowest BCUT2D eigenvalue weighted by molar-refractivity contribution is -0.142. The number of rotatable bonds is 11. The molecule has 0 bridgehead atoms. The van der Waals surface area contributed by atoms with Crippen LogP contribution in [0.2, 0.25) is 0 Å². The monoisotopic (exact) mass is 351 g/mol. The maximum Gasteiger partial charge on any atom is 0.310 e. The molecule has 0 spiro atoms. The molecule has 7 nitrogen and oxygen atoms in total. The predicted octanol–water partition coefficient (Wildman–Crippen LogP) is 2.72. The molecule has 1 aromatic heterocycles. The van der Waals surface area contributed by atoms with Gasteiger partial charge in [0, 0.05) is 24.7 Å². The fourth-order valence-corrected chi connectivity index (χ4v) is 2.81. The Balaban J connectivity index is 3.13. The Hall–Kier alpha value is -2.44. The second-order valence-electron chi connectivity index (χ2n) is 6.07. The van der Waals surface area contributed by atoms with Crippen molar-refractivity contribution in [2.24, 2.45) is 5.92 Å². The minimum atomic E-state index is -0.954. The van der Waals surface area contributed by atoms with Crippen LogP contribution in [0.15, 0.2) is 12.3 Å². The topological polar surface area (TPSA) is 125 Å². The summed E-state index contributed by atoms with van der Waals surface area (Å²) in [6.45, 7) is 3.55. The number of hydrogen-bond donors (Lipinski definition) is 3. The highest BCUT2D eigenvalue weighted by atomic mass is 16.4. The highest BCUT2D eigenvalue weighted by molar-refractivity contribution is 5.76. The summed E-state index contributed by atoms with van der Waals surface area (Å²) in [6.07, 6.45) is 3.48. The standard InChI is InChI=1S/C18H25NO6/c1-3-11(17(22)23)8-13-9-15(14(4-2)18(24)25)12(10-19-13)6-5-7-16(20)21/h9-11,14H,3-8H2,1-2H3,(H,20,21)(H,22,23)(H,24,25). The van der Waals surface area contributed by atoms with Gasteiger partial charge in [-0.05, 0) is 42.9 Å². The van der Waals surface area contributed by atoms with Crippen LogP contribution in [0.3, 0.4) is 0 Å². The molecule has 0 aliphatic heterocycles. The molecule has 3 N–H and O–H groups in total. The van der Waals surface area contributed by atoms with Gasteiger partial charge in [-0.15, -0.1) is 0 Å². The molecule has 1 heterocycles. The zero-order valence-corrected chi connectivity index (χ0v) is 14.6. The van der Waals surface area contributed by atoms with Gasteiger partial charge in [-0.1, -0.05) is 13.8 Å². The summed E-state index contributed by atoms with van der Waals surface area (Å²) in [5.41, 5.74) is 1.86. The molecule has 25 heavy (non-hydrogen) atoms. The maximum atomic E-state index is 11.6. The van der Waals surface area contributed by atoms with E-state index in [4.69, 9.17) is 5.11 Å². The number of carbonyl (C=O) groups is 3. The Bertz CT molecular complexity index is 628. The molecule has 0 radical (unpaired) electrons. The molecule has 0 saturated heterocycles. The predicted molar refractivity (Wildman–Crippen MR) is 90.6 cm³/mol. The quantitative estimate of drug-likeness (QED) is 0.559. The van der Waals surface area contributed by atoms with E-state index in [0.717, 1.165) is 0 Å². The lowest BCUT2D eigenvalue weighted by atomic mass is 9.89. The van der Waals surface area contributed by atoms with Crippen molar-refractivity contribution in [1.29, 1.82) is 0 Å². The fourth-order valence-electron chi connectivity index (χ4n) is 2.81. The average Bonchev–Trinajstić information content (AvgIpc) is 2.54. The van der Waals surface area contributed by atoms with Crippen molar-refractivity contribution in [2.45, 2.75) is 58.3 Å². The molecule has 0 fully saturated rings. The van der Waals surface area contributed by atoms with Crippen molar-refractivity contribution in [3.8, 4) is 0 Å². The van der Waals surface area contributed by atoms with E-state index in [0.29, 0.717) is 42.5 Å². The largest absolute Gasteiger partial charge is 0.481 e. The summed E-state index contributed by atoms with van der Waals surface area (Å²) in [5.74, 6) is -4.04. The first kappa shape index (κ1) is 20.6. The lowest BCUT2D eigenvalue weighted by Gasteiger charge is -2.17. The summed E-state index contributed by atoms with van der Waals surface area (Å²) in [7, 11) is 0. The van der Waals surface area contributed by atoms with Crippen LogP contribution in [0.1, 0.15) is 62.3 Å². The summed E-state index contributed by atoms with van der Waals surface area (Å²) in [5, 5.41) is 27.4. The summed E-state index contributed by atoms with van der Waals surface area (Å²) < 4.78 is 0. The molecule has 138 valence electrons. The Kier molecular flexibility index (Phi) is 8.04. The van der Waals surface area contributed by atoms with Crippen molar-refractivity contribution in [1.82, 2.24) is 4.98 Å². The molecular formula is C18H25NO6. The van der Waals surface area contributed by atoms with Crippen LogP contribution in [-0.2, 0) is 27.2 Å². The molecule has 1 rings (SSSR count). The Morgan fingerprint density at radius 1 is 1.08 bits per heavy atom. The number of pyridine rings is 1. The summed E-state index contributed by atoms with van der Waals surface area (Å²) in [4.78, 5) is 37.7. The molecule has 0 amide bonds. The van der Waals surface area contributed by atoms with Crippen LogP contribution in [0, 0.1) is 5.92 Å². The Morgan fingerprint density at radius 2 is 1.76 bits per heavy atom. The SMILES string of the molecule is CCC(Cc1cc(C(CC)C(=O)O)c(CCCC(=O)O)cn1)C(=O)O. The number of aryl methyl sites for hydroxylation is 1. The van der Waals surface area contributed by atoms with Crippen LogP contribution in [0.5, 0.6) is 0 Å². The first-order valence-electron chi connectivity index (χ1n) is 8.45. The molecule has 0 aromatic carbocycles. The van der Waals surface area contributed by atoms with Gasteiger partial charge in [0.1, 0.15) is 0 Å². The molecule has 0 saturated carbocycles. The lowest BCUT2D eigenvalue weighted by Crippen LogP contribution is -2.18. The number of hydrogen-bond acceptors (Lipinski definition) is 4. The highest BCUT2D eigenvalue weighted by Gasteiger charge is 2.23. The van der Waals surface area contributed by atoms with Crippen LogP contribution >= 0.6 is 0 Å². The minimum Gasteiger partial charge on any atom is -0.481 e. The zero-order chi connectivity index (χ0) is 19.0. The second-order valence-corrected chi connectivity index (χ2v) is 6.07. The number of nitrogens with zero attached hydrogens (tertiary/aromatic N) is 1. The third-order valence-corrected chi connectivity index (χ3v) is 4.30. The Morgan fingerprint density at radius 3 is 2.24 bits per heavy atom. The molecule has 1 aromatic rings. The van der Waals surface area contributed by atoms with Crippen molar-refractivity contribution in [2.75, 3.05) is 0 Å². The maximum absolute atomic E-state index is 11.6. The molecule has 0 aliphatic rings. The molecule has 0 aliphatic carbocycles. The van der Waals surface area contributed by atoms with E-state index >= 15 is 0 Å². The highest BCUT2D eigenvalue weighted by Crippen LogP contribution is 2.26. The van der Waals surface area contributed by atoms with E-state index in [1.807, 2.05) is 0 Å². The van der Waals surface area contributed by atoms with Gasteiger partial charge in [0.2, 0.25) is 0 Å². The third-order valence-electron chi connectivity index (χ3n) is 4.30. The van der Waals surface area contributed by atoms with Gasteiger partial charge < -0.3 is 15.3 Å². The summed E-state index contributed by atoms with van der Waals surface area (Å²) >= 11 is 0. The minimum absolute atomic E-state index is 0.00196. The van der Waals surface area contributed by atoms with Crippen molar-refractivity contribution in [3.63, 3.8) is 0 Å². The normalized spacial score (nSPS) is 13.2. The zero-order valence-electron chi connectivity index (χ0n) is 14.6. The van der Waals surface area contributed by atoms with Gasteiger partial charge in [0.25, 0.3) is 0 Å². The number of aliphatic carboxylic acids is 3. The third kappa shape index (κ3) is 6.17. The van der Waals surface area contributed by atoms with E-state index in [2.05, 4.69) is 4.98 Å². The van der Waals surface area contributed by atoms with E-state index in [1.165, 1.54) is 0 Å². The molecule has 2 atom stereocenters. The first-order chi connectivity index (χ1) is 11.8. The van der Waals surface area contributed by atoms with Crippen LogP contribution in [0.4, 0.5) is 0 Å². The van der Waals surface area contributed by atoms with E-state index in [1.54, 1.807) is 26.1 Å². The Labute approximate surface area is 146 Å².